The van der Waals surface area contributed by atoms with Crippen LogP contribution in [-0.4, -0.2) is 28.9 Å². The number of nitrogens with one attached hydrogen (secondary N) is 1. The number of rotatable bonds is 5. The minimum Gasteiger partial charge on any atom is -0.484 e. The van der Waals surface area contributed by atoms with Crippen LogP contribution in [0.25, 0.3) is 0 Å². The Labute approximate surface area is 152 Å². The van der Waals surface area contributed by atoms with E-state index in [0.29, 0.717) is 21.9 Å². The zero-order chi connectivity index (χ0) is 18.7. The fraction of sp³-hybridized carbons (Fsp3) is 0.118. The Morgan fingerprint density at radius 1 is 1.27 bits per heavy atom. The van der Waals surface area contributed by atoms with Crippen LogP contribution in [0.5, 0.6) is 5.75 Å². The fourth-order valence-corrected chi connectivity index (χ4v) is 2.54. The van der Waals surface area contributed by atoms with Crippen molar-refractivity contribution in [1.29, 1.82) is 0 Å². The average Bonchev–Trinajstić information content (AvgIpc) is 2.93. The van der Waals surface area contributed by atoms with Gasteiger partial charge in [0.25, 0.3) is 11.6 Å². The molecule has 0 unspecified atom stereocenters. The number of carbonyl (C=O) groups excluding carboxylic acids is 2. The molecular formula is C17H12ClN3O5. The largest absolute Gasteiger partial charge is 0.484 e. The van der Waals surface area contributed by atoms with Gasteiger partial charge in [-0.2, -0.15) is 5.10 Å². The molecule has 2 aromatic rings. The molecule has 0 heterocycles. The number of hydrazone groups is 1. The van der Waals surface area contributed by atoms with Gasteiger partial charge in [0, 0.05) is 29.1 Å². The third-order valence-electron chi connectivity index (χ3n) is 3.65. The van der Waals surface area contributed by atoms with Gasteiger partial charge in [0.05, 0.1) is 4.92 Å². The molecule has 26 heavy (non-hydrogen) atoms. The predicted octanol–water partition coefficient (Wildman–Crippen LogP) is 2.27. The first-order valence-corrected chi connectivity index (χ1v) is 7.87. The second-order valence-electron chi connectivity index (χ2n) is 5.44. The molecule has 0 saturated heterocycles. The lowest BCUT2D eigenvalue weighted by atomic mass is 10.1. The molecule has 0 aromatic heterocycles. The number of Topliss-reactive ketones (excluding diaryl/α,β-unsaturated/α-hetero) is 1. The lowest BCUT2D eigenvalue weighted by molar-refractivity contribution is -0.384. The van der Waals surface area contributed by atoms with Gasteiger partial charge in [0.15, 0.2) is 12.4 Å². The molecule has 9 heteroatoms. The third-order valence-corrected chi connectivity index (χ3v) is 3.90. The van der Waals surface area contributed by atoms with Crippen molar-refractivity contribution in [2.45, 2.75) is 6.42 Å². The van der Waals surface area contributed by atoms with E-state index in [9.17, 15) is 19.7 Å². The van der Waals surface area contributed by atoms with Crippen LogP contribution in [0, 0.1) is 10.1 Å². The number of fused-ring (bicyclic) bond motifs is 1. The summed E-state index contributed by atoms with van der Waals surface area (Å²) in [7, 11) is 0. The Morgan fingerprint density at radius 3 is 2.69 bits per heavy atom. The zero-order valence-electron chi connectivity index (χ0n) is 13.3. The first-order chi connectivity index (χ1) is 12.4. The Balaban J connectivity index is 1.67. The molecule has 0 atom stereocenters. The molecule has 0 radical (unpaired) electrons. The van der Waals surface area contributed by atoms with E-state index >= 15 is 0 Å². The molecule has 0 fully saturated rings. The Kier molecular flexibility index (Phi) is 4.94. The van der Waals surface area contributed by atoms with Crippen LogP contribution in [0.3, 0.4) is 0 Å². The summed E-state index contributed by atoms with van der Waals surface area (Å²) < 4.78 is 5.27. The van der Waals surface area contributed by atoms with Crippen molar-refractivity contribution in [3.05, 3.63) is 68.7 Å². The van der Waals surface area contributed by atoms with Gasteiger partial charge in [0.1, 0.15) is 11.5 Å². The van der Waals surface area contributed by atoms with Gasteiger partial charge in [-0.1, -0.05) is 17.7 Å². The lowest BCUT2D eigenvalue weighted by Crippen LogP contribution is -2.27. The Hall–Kier alpha value is -3.26. The van der Waals surface area contributed by atoms with Crippen molar-refractivity contribution in [1.82, 2.24) is 5.43 Å². The van der Waals surface area contributed by atoms with Crippen molar-refractivity contribution in [3.63, 3.8) is 0 Å². The van der Waals surface area contributed by atoms with Crippen molar-refractivity contribution in [2.75, 3.05) is 6.61 Å². The van der Waals surface area contributed by atoms with Crippen molar-refractivity contribution in [2.24, 2.45) is 5.10 Å². The van der Waals surface area contributed by atoms with E-state index in [4.69, 9.17) is 16.3 Å². The molecule has 8 nitrogen and oxygen atoms in total. The summed E-state index contributed by atoms with van der Waals surface area (Å²) in [5, 5.41) is 15.2. The number of nitro groups is 1. The second-order valence-corrected chi connectivity index (χ2v) is 5.87. The minimum atomic E-state index is -0.570. The minimum absolute atomic E-state index is 0.0106. The van der Waals surface area contributed by atoms with Gasteiger partial charge >= 0.3 is 0 Å². The number of hydrogen-bond acceptors (Lipinski definition) is 6. The number of carbonyl (C=O) groups is 2. The van der Waals surface area contributed by atoms with Gasteiger partial charge in [-0.05, 0) is 29.8 Å². The zero-order valence-corrected chi connectivity index (χ0v) is 14.0. The number of ether oxygens (including phenoxy) is 1. The maximum absolute atomic E-state index is 12.0. The monoisotopic (exact) mass is 373 g/mol. The van der Waals surface area contributed by atoms with Crippen LogP contribution < -0.4 is 10.2 Å². The first kappa shape index (κ1) is 17.6. The molecule has 2 aromatic carbocycles. The molecule has 3 rings (SSSR count). The van der Waals surface area contributed by atoms with Gasteiger partial charge in [0.2, 0.25) is 0 Å². The van der Waals surface area contributed by atoms with Gasteiger partial charge in [-0.3, -0.25) is 19.7 Å². The van der Waals surface area contributed by atoms with Gasteiger partial charge < -0.3 is 4.74 Å². The first-order valence-electron chi connectivity index (χ1n) is 7.50. The highest BCUT2D eigenvalue weighted by Gasteiger charge is 2.28. The normalized spacial score (nSPS) is 14.2. The number of halogens is 1. The highest BCUT2D eigenvalue weighted by molar-refractivity contribution is 6.49. The summed E-state index contributed by atoms with van der Waals surface area (Å²) in [6, 6.07) is 10.6. The molecule has 0 saturated carbocycles. The fourth-order valence-electron chi connectivity index (χ4n) is 2.41. The summed E-state index contributed by atoms with van der Waals surface area (Å²) in [4.78, 5) is 34.2. The van der Waals surface area contributed by atoms with E-state index < -0.39 is 10.8 Å². The van der Waals surface area contributed by atoms with Crippen molar-refractivity contribution >= 4 is 34.7 Å². The molecule has 1 amide bonds. The number of hydrogen-bond donors (Lipinski definition) is 1. The molecule has 0 bridgehead atoms. The van der Waals surface area contributed by atoms with E-state index in [2.05, 4.69) is 10.5 Å². The van der Waals surface area contributed by atoms with Crippen molar-refractivity contribution in [3.8, 4) is 5.75 Å². The maximum Gasteiger partial charge on any atom is 0.277 e. The van der Waals surface area contributed by atoms with Crippen LogP contribution in [0.1, 0.15) is 11.1 Å². The molecular weight excluding hydrogens is 362 g/mol. The topological polar surface area (TPSA) is 111 Å². The van der Waals surface area contributed by atoms with Crippen molar-refractivity contribution < 1.29 is 19.2 Å². The Morgan fingerprint density at radius 2 is 2.00 bits per heavy atom. The SMILES string of the molecule is O=C(COc1ccc(Cl)cc1)N/N=C1/C(=O)Cc2ccc([N+](=O)[O-])cc21. The molecule has 132 valence electrons. The van der Waals surface area contributed by atoms with Gasteiger partial charge in [-0.25, -0.2) is 5.43 Å². The molecule has 0 spiro atoms. The van der Waals surface area contributed by atoms with Crippen LogP contribution >= 0.6 is 11.6 Å². The van der Waals surface area contributed by atoms with E-state index in [1.807, 2.05) is 0 Å². The van der Waals surface area contributed by atoms with Crippen LogP contribution in [0.15, 0.2) is 47.6 Å². The Bertz CT molecular complexity index is 924. The summed E-state index contributed by atoms with van der Waals surface area (Å²) >= 11 is 5.76. The van der Waals surface area contributed by atoms with Crippen LogP contribution in [-0.2, 0) is 16.0 Å². The maximum atomic E-state index is 12.0. The summed E-state index contributed by atoms with van der Waals surface area (Å²) in [6.07, 6.45) is 0.0866. The summed E-state index contributed by atoms with van der Waals surface area (Å²) in [5.74, 6) is -0.436. The predicted molar refractivity (Wildman–Crippen MR) is 93.4 cm³/mol. The van der Waals surface area contributed by atoms with E-state index in [0.717, 1.165) is 0 Å². The standard InChI is InChI=1S/C17H12ClN3O5/c18-11-2-5-13(6-3-11)26-9-16(23)19-20-17-14-8-12(21(24)25)4-1-10(14)7-15(17)22/h1-6,8H,7,9H2,(H,19,23)/b20-17+. The average molecular weight is 374 g/mol. The quantitative estimate of drug-likeness (QED) is 0.638. The molecule has 1 aliphatic carbocycles. The molecule has 1 N–H and O–H groups in total. The second kappa shape index (κ2) is 7.32. The summed E-state index contributed by atoms with van der Waals surface area (Å²) in [5.41, 5.74) is 3.05. The smallest absolute Gasteiger partial charge is 0.277 e. The number of benzene rings is 2. The lowest BCUT2D eigenvalue weighted by Gasteiger charge is -2.05. The van der Waals surface area contributed by atoms with Gasteiger partial charge in [-0.15, -0.1) is 0 Å². The number of nitro benzene ring substituents is 1. The number of nitrogens with zero attached hydrogens (tertiary/aromatic N) is 2. The van der Waals surface area contributed by atoms with E-state index in [1.165, 1.54) is 18.2 Å². The number of ketones is 1. The summed E-state index contributed by atoms with van der Waals surface area (Å²) in [6.45, 7) is -0.311. The van der Waals surface area contributed by atoms with E-state index in [1.54, 1.807) is 24.3 Å². The molecule has 1 aliphatic rings. The highest BCUT2D eigenvalue weighted by atomic mass is 35.5. The number of non-ortho nitro benzene ring substituents is 1. The molecule has 0 aliphatic heterocycles. The number of amides is 1. The highest BCUT2D eigenvalue weighted by Crippen LogP contribution is 2.24. The van der Waals surface area contributed by atoms with Crippen LogP contribution in [0.4, 0.5) is 5.69 Å². The third kappa shape index (κ3) is 3.86. The van der Waals surface area contributed by atoms with E-state index in [-0.39, 0.29) is 30.2 Å². The van der Waals surface area contributed by atoms with Crippen LogP contribution in [0.2, 0.25) is 5.02 Å².